The van der Waals surface area contributed by atoms with Crippen molar-refractivity contribution in [2.24, 2.45) is 23.2 Å². The Morgan fingerprint density at radius 3 is 2.57 bits per heavy atom. The van der Waals surface area contributed by atoms with Gasteiger partial charge in [0.2, 0.25) is 5.91 Å². The number of amides is 1. The Balaban J connectivity index is 1.47. The van der Waals surface area contributed by atoms with Crippen molar-refractivity contribution < 1.29 is 9.90 Å². The van der Waals surface area contributed by atoms with Crippen LogP contribution in [0.5, 0.6) is 0 Å². The molecule has 0 spiro atoms. The molecule has 0 aromatic heterocycles. The van der Waals surface area contributed by atoms with Gasteiger partial charge in [-0.3, -0.25) is 4.79 Å². The molecule has 4 saturated carbocycles. The topological polar surface area (TPSA) is 40.5 Å². The average molecular weight is 291 g/mol. The summed E-state index contributed by atoms with van der Waals surface area (Å²) in [6, 6.07) is 0. The first-order chi connectivity index (χ1) is 9.95. The first-order valence-corrected chi connectivity index (χ1v) is 8.96. The van der Waals surface area contributed by atoms with E-state index in [1.165, 1.54) is 25.7 Å². The molecule has 4 bridgehead atoms. The Kier molecular flexibility index (Phi) is 3.15. The van der Waals surface area contributed by atoms with Gasteiger partial charge in [0, 0.05) is 19.5 Å². The van der Waals surface area contributed by atoms with Crippen LogP contribution < -0.4 is 0 Å². The Morgan fingerprint density at radius 2 is 1.95 bits per heavy atom. The van der Waals surface area contributed by atoms with Gasteiger partial charge in [-0.1, -0.05) is 6.92 Å². The molecule has 21 heavy (non-hydrogen) atoms. The highest BCUT2D eigenvalue weighted by Gasteiger charge is 2.57. The van der Waals surface area contributed by atoms with Crippen LogP contribution in [0.15, 0.2) is 0 Å². The molecule has 0 aromatic rings. The zero-order chi connectivity index (χ0) is 14.7. The lowest BCUT2D eigenvalue weighted by Gasteiger charge is -2.60. The molecule has 1 aliphatic heterocycles. The molecular formula is C18H29NO2. The third kappa shape index (κ3) is 2.52. The van der Waals surface area contributed by atoms with Gasteiger partial charge < -0.3 is 10.0 Å². The zero-order valence-electron chi connectivity index (χ0n) is 13.3. The summed E-state index contributed by atoms with van der Waals surface area (Å²) in [5.41, 5.74) is -0.295. The fraction of sp³-hybridized carbons (Fsp3) is 0.944. The molecular weight excluding hydrogens is 262 g/mol. The largest absolute Gasteiger partial charge is 0.390 e. The van der Waals surface area contributed by atoms with Gasteiger partial charge in [-0.2, -0.15) is 0 Å². The summed E-state index contributed by atoms with van der Waals surface area (Å²) in [7, 11) is 0. The lowest BCUT2D eigenvalue weighted by molar-refractivity contribution is -0.172. The van der Waals surface area contributed by atoms with E-state index < -0.39 is 5.60 Å². The van der Waals surface area contributed by atoms with Gasteiger partial charge in [0.1, 0.15) is 0 Å². The quantitative estimate of drug-likeness (QED) is 0.849. The second-order valence-corrected chi connectivity index (χ2v) is 8.95. The predicted molar refractivity (Wildman–Crippen MR) is 81.7 cm³/mol. The van der Waals surface area contributed by atoms with E-state index >= 15 is 0 Å². The van der Waals surface area contributed by atoms with Crippen LogP contribution in [0.3, 0.4) is 0 Å². The molecule has 5 aliphatic rings. The lowest BCUT2D eigenvalue weighted by Crippen LogP contribution is -2.56. The Morgan fingerprint density at radius 1 is 1.24 bits per heavy atom. The van der Waals surface area contributed by atoms with Crippen molar-refractivity contribution in [3.8, 4) is 0 Å². The van der Waals surface area contributed by atoms with Crippen molar-refractivity contribution >= 4 is 5.91 Å². The molecule has 0 radical (unpaired) electrons. The van der Waals surface area contributed by atoms with E-state index in [1.807, 2.05) is 0 Å². The summed E-state index contributed by atoms with van der Waals surface area (Å²) in [5, 5.41) is 10.8. The van der Waals surface area contributed by atoms with E-state index in [0.717, 1.165) is 38.8 Å². The van der Waals surface area contributed by atoms with Crippen LogP contribution in [0.2, 0.25) is 0 Å². The van der Waals surface area contributed by atoms with Gasteiger partial charge in [0.15, 0.2) is 0 Å². The normalized spacial score (nSPS) is 48.7. The second-order valence-electron chi connectivity index (χ2n) is 8.95. The van der Waals surface area contributed by atoms with Gasteiger partial charge in [0.25, 0.3) is 0 Å². The summed E-state index contributed by atoms with van der Waals surface area (Å²) in [5.74, 6) is 2.39. The van der Waals surface area contributed by atoms with Crippen LogP contribution in [-0.4, -0.2) is 34.6 Å². The van der Waals surface area contributed by atoms with Crippen molar-refractivity contribution in [1.29, 1.82) is 0 Å². The molecule has 3 heteroatoms. The maximum Gasteiger partial charge on any atom is 0.223 e. The molecule has 3 atom stereocenters. The van der Waals surface area contributed by atoms with Crippen LogP contribution in [0, 0.1) is 23.2 Å². The number of rotatable bonds is 2. The summed E-state index contributed by atoms with van der Waals surface area (Å²) in [4.78, 5) is 14.9. The number of hydrogen-bond acceptors (Lipinski definition) is 2. The van der Waals surface area contributed by atoms with E-state index in [2.05, 4.69) is 11.8 Å². The summed E-state index contributed by atoms with van der Waals surface area (Å²) in [6.07, 6.45) is 9.71. The highest BCUT2D eigenvalue weighted by molar-refractivity contribution is 5.77. The Hall–Kier alpha value is -0.570. The highest BCUT2D eigenvalue weighted by atomic mass is 16.3. The van der Waals surface area contributed by atoms with Gasteiger partial charge >= 0.3 is 0 Å². The van der Waals surface area contributed by atoms with E-state index in [-0.39, 0.29) is 5.41 Å². The third-order valence-corrected chi connectivity index (χ3v) is 6.69. The van der Waals surface area contributed by atoms with Crippen LogP contribution in [-0.2, 0) is 4.79 Å². The molecule has 5 rings (SSSR count). The number of likely N-dealkylation sites (tertiary alicyclic amines) is 1. The Bertz CT molecular complexity index is 432. The summed E-state index contributed by atoms with van der Waals surface area (Å²) in [6.45, 7) is 4.16. The lowest BCUT2D eigenvalue weighted by atomic mass is 9.47. The van der Waals surface area contributed by atoms with E-state index in [4.69, 9.17) is 0 Å². The minimum absolute atomic E-state index is 0.136. The minimum Gasteiger partial charge on any atom is -0.390 e. The molecule has 1 saturated heterocycles. The monoisotopic (exact) mass is 291 g/mol. The van der Waals surface area contributed by atoms with Gasteiger partial charge in [-0.25, -0.2) is 0 Å². The standard InChI is InChI=1S/C18H29NO2/c1-13-3-2-4-19(11-13)16(20)10-17-6-14-5-15(7-17)9-18(21,8-14)12-17/h13-15,21H,2-12H2,1H3. The van der Waals surface area contributed by atoms with Gasteiger partial charge in [-0.15, -0.1) is 0 Å². The molecule has 1 N–H and O–H groups in total. The molecule has 3 unspecified atom stereocenters. The zero-order valence-corrected chi connectivity index (χ0v) is 13.3. The number of carbonyl (C=O) groups excluding carboxylic acids is 1. The van der Waals surface area contributed by atoms with Crippen LogP contribution in [0.25, 0.3) is 0 Å². The first-order valence-electron chi connectivity index (χ1n) is 8.96. The fourth-order valence-corrected chi connectivity index (χ4v) is 6.46. The van der Waals surface area contributed by atoms with Crippen LogP contribution >= 0.6 is 0 Å². The van der Waals surface area contributed by atoms with Crippen molar-refractivity contribution in [2.75, 3.05) is 13.1 Å². The Labute approximate surface area is 128 Å². The number of piperidine rings is 1. The maximum atomic E-state index is 12.8. The number of nitrogens with zero attached hydrogens (tertiary/aromatic N) is 1. The van der Waals surface area contributed by atoms with Crippen molar-refractivity contribution in [2.45, 2.75) is 70.3 Å². The maximum absolute atomic E-state index is 12.8. The van der Waals surface area contributed by atoms with Gasteiger partial charge in [0.05, 0.1) is 5.60 Å². The summed E-state index contributed by atoms with van der Waals surface area (Å²) >= 11 is 0. The van der Waals surface area contributed by atoms with Crippen molar-refractivity contribution in [3.05, 3.63) is 0 Å². The molecule has 4 aliphatic carbocycles. The molecule has 5 fully saturated rings. The van der Waals surface area contributed by atoms with E-state index in [1.54, 1.807) is 0 Å². The highest BCUT2D eigenvalue weighted by Crippen LogP contribution is 2.62. The van der Waals surface area contributed by atoms with Crippen LogP contribution in [0.4, 0.5) is 0 Å². The van der Waals surface area contributed by atoms with Crippen molar-refractivity contribution in [3.63, 3.8) is 0 Å². The third-order valence-electron chi connectivity index (χ3n) is 6.69. The predicted octanol–water partition coefficient (Wildman–Crippen LogP) is 2.97. The second kappa shape index (κ2) is 4.71. The number of hydrogen-bond donors (Lipinski definition) is 1. The molecule has 3 nitrogen and oxygen atoms in total. The van der Waals surface area contributed by atoms with Crippen molar-refractivity contribution in [1.82, 2.24) is 4.90 Å². The SMILES string of the molecule is CC1CCCN(C(=O)CC23CC4CC(CC(O)(C4)C2)C3)C1. The molecule has 118 valence electrons. The fourth-order valence-electron chi connectivity index (χ4n) is 6.46. The minimum atomic E-state index is -0.431. The average Bonchev–Trinajstić information content (AvgIpc) is 2.34. The molecule has 1 heterocycles. The van der Waals surface area contributed by atoms with E-state index in [9.17, 15) is 9.90 Å². The molecule has 1 amide bonds. The smallest absolute Gasteiger partial charge is 0.223 e. The number of aliphatic hydroxyl groups is 1. The summed E-state index contributed by atoms with van der Waals surface area (Å²) < 4.78 is 0. The van der Waals surface area contributed by atoms with Crippen LogP contribution in [0.1, 0.15) is 64.7 Å². The molecule has 0 aromatic carbocycles. The van der Waals surface area contributed by atoms with Gasteiger partial charge in [-0.05, 0) is 74.5 Å². The van der Waals surface area contributed by atoms with E-state index in [0.29, 0.717) is 30.1 Å². The first kappa shape index (κ1) is 14.0. The number of carbonyl (C=O) groups is 1.